The Morgan fingerprint density at radius 3 is 2.79 bits per heavy atom. The fourth-order valence-corrected chi connectivity index (χ4v) is 2.52. The van der Waals surface area contributed by atoms with Crippen LogP contribution in [0.15, 0.2) is 29.4 Å². The number of aryl methyl sites for hydroxylation is 1. The van der Waals surface area contributed by atoms with Crippen molar-refractivity contribution in [3.63, 3.8) is 0 Å². The fourth-order valence-electron chi connectivity index (χ4n) is 1.40. The molecule has 4 nitrogen and oxygen atoms in total. The first-order chi connectivity index (χ1) is 9.06. The molecule has 0 unspecified atom stereocenters. The van der Waals surface area contributed by atoms with Gasteiger partial charge in [-0.15, -0.1) is 11.3 Å². The molecule has 1 aromatic carbocycles. The lowest BCUT2D eigenvalue weighted by molar-refractivity contribution is 1.04. The summed E-state index contributed by atoms with van der Waals surface area (Å²) in [5.41, 5.74) is 9.74. The van der Waals surface area contributed by atoms with Gasteiger partial charge in [0.15, 0.2) is 5.11 Å². The third-order valence-corrected chi connectivity index (χ3v) is 3.76. The van der Waals surface area contributed by atoms with Crippen LogP contribution in [0.2, 0.25) is 5.02 Å². The zero-order valence-corrected chi connectivity index (χ0v) is 12.4. The second kappa shape index (κ2) is 6.10. The molecule has 19 heavy (non-hydrogen) atoms. The average molecular weight is 311 g/mol. The van der Waals surface area contributed by atoms with Gasteiger partial charge < -0.3 is 5.73 Å². The molecule has 7 heteroatoms. The van der Waals surface area contributed by atoms with Crippen LogP contribution in [0, 0.1) is 6.92 Å². The number of rotatable bonds is 3. The molecule has 0 aliphatic carbocycles. The van der Waals surface area contributed by atoms with Gasteiger partial charge in [-0.25, -0.2) is 4.98 Å². The minimum absolute atomic E-state index is 0.136. The summed E-state index contributed by atoms with van der Waals surface area (Å²) in [4.78, 5) is 5.45. The van der Waals surface area contributed by atoms with Crippen molar-refractivity contribution in [2.75, 3.05) is 0 Å². The molecule has 3 N–H and O–H groups in total. The van der Waals surface area contributed by atoms with Gasteiger partial charge in [0.05, 0.1) is 16.8 Å². The van der Waals surface area contributed by atoms with Gasteiger partial charge in [0.25, 0.3) is 0 Å². The van der Waals surface area contributed by atoms with Crippen LogP contribution in [-0.2, 0) is 0 Å². The minimum atomic E-state index is 0.136. The molecular formula is C12H11ClN4S2. The molecule has 2 aromatic rings. The highest BCUT2D eigenvalue weighted by molar-refractivity contribution is 7.80. The Morgan fingerprint density at radius 2 is 2.16 bits per heavy atom. The number of thiazole rings is 1. The largest absolute Gasteiger partial charge is 0.375 e. The molecule has 0 atom stereocenters. The smallest absolute Gasteiger partial charge is 0.184 e. The Labute approximate surface area is 125 Å². The van der Waals surface area contributed by atoms with Crippen molar-refractivity contribution in [2.24, 2.45) is 10.8 Å². The molecule has 1 heterocycles. The molecule has 0 saturated carbocycles. The van der Waals surface area contributed by atoms with E-state index in [0.29, 0.717) is 5.02 Å². The molecule has 98 valence electrons. The normalized spacial score (nSPS) is 10.8. The molecule has 0 amide bonds. The second-order valence-electron chi connectivity index (χ2n) is 3.71. The lowest BCUT2D eigenvalue weighted by atomic mass is 10.2. The van der Waals surface area contributed by atoms with Crippen molar-refractivity contribution in [3.8, 4) is 10.6 Å². The predicted octanol–water partition coefficient (Wildman–Crippen LogP) is 2.94. The van der Waals surface area contributed by atoms with Crippen molar-refractivity contribution >= 4 is 46.5 Å². The molecule has 1 aromatic heterocycles. The zero-order valence-electron chi connectivity index (χ0n) is 10.1. The first-order valence-electron chi connectivity index (χ1n) is 5.38. The van der Waals surface area contributed by atoms with Crippen molar-refractivity contribution in [3.05, 3.63) is 39.9 Å². The topological polar surface area (TPSA) is 63.3 Å². The van der Waals surface area contributed by atoms with Gasteiger partial charge in [0, 0.05) is 10.6 Å². The maximum atomic E-state index is 5.86. The van der Waals surface area contributed by atoms with E-state index in [1.54, 1.807) is 17.6 Å². The number of benzene rings is 1. The highest BCUT2D eigenvalue weighted by Crippen LogP contribution is 2.27. The van der Waals surface area contributed by atoms with Gasteiger partial charge in [-0.2, -0.15) is 5.10 Å². The summed E-state index contributed by atoms with van der Waals surface area (Å²) in [6.07, 6.45) is 1.66. The molecule has 0 saturated heterocycles. The number of hydrazone groups is 1. The maximum absolute atomic E-state index is 5.86. The van der Waals surface area contributed by atoms with Crippen molar-refractivity contribution in [1.82, 2.24) is 10.4 Å². The van der Waals surface area contributed by atoms with Gasteiger partial charge in [0.2, 0.25) is 0 Å². The third kappa shape index (κ3) is 3.73. The van der Waals surface area contributed by atoms with E-state index in [2.05, 4.69) is 27.7 Å². The van der Waals surface area contributed by atoms with Crippen LogP contribution in [0.1, 0.15) is 10.6 Å². The predicted molar refractivity (Wildman–Crippen MR) is 84.8 cm³/mol. The summed E-state index contributed by atoms with van der Waals surface area (Å²) in [7, 11) is 0. The summed E-state index contributed by atoms with van der Waals surface area (Å²) in [5, 5.41) is 5.70. The average Bonchev–Trinajstić information content (AvgIpc) is 2.71. The van der Waals surface area contributed by atoms with Crippen LogP contribution in [0.25, 0.3) is 10.6 Å². The van der Waals surface area contributed by atoms with Crippen LogP contribution in [-0.4, -0.2) is 16.3 Å². The van der Waals surface area contributed by atoms with E-state index in [9.17, 15) is 0 Å². The molecule has 0 fully saturated rings. The first-order valence-corrected chi connectivity index (χ1v) is 6.98. The Hall–Kier alpha value is -1.50. The summed E-state index contributed by atoms with van der Waals surface area (Å²) < 4.78 is 0. The summed E-state index contributed by atoms with van der Waals surface area (Å²) in [5.74, 6) is 0. The molecule has 0 radical (unpaired) electrons. The number of thiocarbonyl (C=S) groups is 1. The number of nitrogens with zero attached hydrogens (tertiary/aromatic N) is 2. The Kier molecular flexibility index (Phi) is 4.47. The summed E-state index contributed by atoms with van der Waals surface area (Å²) >= 11 is 12.1. The quantitative estimate of drug-likeness (QED) is 0.520. The summed E-state index contributed by atoms with van der Waals surface area (Å²) in [6, 6.07) is 7.56. The maximum Gasteiger partial charge on any atom is 0.184 e. The molecule has 0 bridgehead atoms. The zero-order chi connectivity index (χ0) is 13.8. The SMILES string of the molecule is Cc1nc(-c2ccc(Cl)cc2)sc1C=NNC(N)=S. The van der Waals surface area contributed by atoms with E-state index in [1.165, 1.54) is 0 Å². The van der Waals surface area contributed by atoms with E-state index in [1.807, 2.05) is 31.2 Å². The third-order valence-electron chi connectivity index (χ3n) is 2.28. The van der Waals surface area contributed by atoms with Crippen molar-refractivity contribution < 1.29 is 0 Å². The van der Waals surface area contributed by atoms with Gasteiger partial charge in [-0.1, -0.05) is 23.7 Å². The van der Waals surface area contributed by atoms with E-state index in [0.717, 1.165) is 21.1 Å². The molecule has 2 rings (SSSR count). The van der Waals surface area contributed by atoms with Crippen LogP contribution in [0.3, 0.4) is 0 Å². The number of nitrogens with two attached hydrogens (primary N) is 1. The van der Waals surface area contributed by atoms with Crippen LogP contribution < -0.4 is 11.2 Å². The lowest BCUT2D eigenvalue weighted by Crippen LogP contribution is -2.23. The van der Waals surface area contributed by atoms with Crippen LogP contribution >= 0.6 is 35.2 Å². The van der Waals surface area contributed by atoms with Gasteiger partial charge >= 0.3 is 0 Å². The Morgan fingerprint density at radius 1 is 1.47 bits per heavy atom. The molecular weight excluding hydrogens is 300 g/mol. The van der Waals surface area contributed by atoms with E-state index >= 15 is 0 Å². The number of aromatic nitrogens is 1. The monoisotopic (exact) mass is 310 g/mol. The summed E-state index contributed by atoms with van der Waals surface area (Å²) in [6.45, 7) is 1.93. The first kappa shape index (κ1) is 13.9. The highest BCUT2D eigenvalue weighted by Gasteiger charge is 2.07. The highest BCUT2D eigenvalue weighted by atomic mass is 35.5. The molecule has 0 aliphatic rings. The standard InChI is InChI=1S/C12H11ClN4S2/c1-7-10(6-15-17-12(14)18)19-11(16-7)8-2-4-9(13)5-3-8/h2-6H,1H3,(H3,14,17,18). The van der Waals surface area contributed by atoms with Crippen LogP contribution in [0.4, 0.5) is 0 Å². The molecule has 0 aliphatic heterocycles. The number of nitrogens with one attached hydrogen (secondary N) is 1. The van der Waals surface area contributed by atoms with E-state index in [4.69, 9.17) is 17.3 Å². The van der Waals surface area contributed by atoms with Crippen molar-refractivity contribution in [2.45, 2.75) is 6.92 Å². The minimum Gasteiger partial charge on any atom is -0.375 e. The number of halogens is 1. The Bertz CT molecular complexity index is 619. The van der Waals surface area contributed by atoms with E-state index < -0.39 is 0 Å². The van der Waals surface area contributed by atoms with Gasteiger partial charge in [-0.3, -0.25) is 5.43 Å². The number of hydrogen-bond donors (Lipinski definition) is 2. The lowest BCUT2D eigenvalue weighted by Gasteiger charge is -1.95. The van der Waals surface area contributed by atoms with Crippen LogP contribution in [0.5, 0.6) is 0 Å². The number of hydrogen-bond acceptors (Lipinski definition) is 4. The van der Waals surface area contributed by atoms with E-state index in [-0.39, 0.29) is 5.11 Å². The van der Waals surface area contributed by atoms with Gasteiger partial charge in [-0.05, 0) is 31.3 Å². The van der Waals surface area contributed by atoms with Crippen molar-refractivity contribution in [1.29, 1.82) is 0 Å². The Balaban J connectivity index is 2.23. The fraction of sp³-hybridized carbons (Fsp3) is 0.0833. The molecule has 0 spiro atoms. The second-order valence-corrected chi connectivity index (χ2v) is 5.62. The van der Waals surface area contributed by atoms with Gasteiger partial charge in [0.1, 0.15) is 5.01 Å².